The molecule has 1 atom stereocenters. The maximum absolute atomic E-state index is 13.5. The number of para-hydroxylation sites is 1. The summed E-state index contributed by atoms with van der Waals surface area (Å²) < 4.78 is 46.5. The Bertz CT molecular complexity index is 1230. The van der Waals surface area contributed by atoms with E-state index < -0.39 is 11.7 Å². The molecular weight excluding hydrogens is 462 g/mol. The number of ether oxygens (including phenoxy) is 1. The van der Waals surface area contributed by atoms with Gasteiger partial charge in [0.05, 0.1) is 21.0 Å². The summed E-state index contributed by atoms with van der Waals surface area (Å²) in [7, 11) is 0.232. The summed E-state index contributed by atoms with van der Waals surface area (Å²) in [5.41, 5.74) is 3.04. The molecular formula is C25H21F3N3O2P. The number of hydrogen-bond acceptors (Lipinski definition) is 4. The van der Waals surface area contributed by atoms with Gasteiger partial charge in [0.1, 0.15) is 18.1 Å². The van der Waals surface area contributed by atoms with E-state index in [0.717, 1.165) is 28.9 Å². The van der Waals surface area contributed by atoms with Crippen molar-refractivity contribution in [2.45, 2.75) is 12.7 Å². The first-order valence-electron chi connectivity index (χ1n) is 10.7. The van der Waals surface area contributed by atoms with E-state index in [9.17, 15) is 18.0 Å². The van der Waals surface area contributed by atoms with Crippen LogP contribution in [0.4, 0.5) is 18.9 Å². The van der Waals surface area contributed by atoms with Crippen molar-refractivity contribution in [3.05, 3.63) is 95.8 Å². The van der Waals surface area contributed by atoms with E-state index in [0.29, 0.717) is 36.7 Å². The molecule has 0 aromatic heterocycles. The predicted molar refractivity (Wildman–Crippen MR) is 126 cm³/mol. The molecule has 3 aromatic carbocycles. The van der Waals surface area contributed by atoms with E-state index in [4.69, 9.17) is 4.74 Å². The number of carbonyl (C=O) groups excluding carboxylic acids is 1. The van der Waals surface area contributed by atoms with Crippen molar-refractivity contribution < 1.29 is 22.7 Å². The van der Waals surface area contributed by atoms with E-state index in [1.807, 2.05) is 53.2 Å². The lowest BCUT2D eigenvalue weighted by Gasteiger charge is -2.25. The van der Waals surface area contributed by atoms with Crippen molar-refractivity contribution in [2.24, 2.45) is 0 Å². The number of nitrogens with one attached hydrogen (secondary N) is 1. The smallest absolute Gasteiger partial charge is 0.416 e. The molecule has 1 amide bonds. The number of carbonyl (C=O) groups is 1. The molecule has 1 unspecified atom stereocenters. The summed E-state index contributed by atoms with van der Waals surface area (Å²) in [5.74, 6) is 0.559. The maximum Gasteiger partial charge on any atom is 0.416 e. The minimum Gasteiger partial charge on any atom is -0.491 e. The Morgan fingerprint density at radius 1 is 0.971 bits per heavy atom. The van der Waals surface area contributed by atoms with Gasteiger partial charge in [-0.1, -0.05) is 36.4 Å². The fraction of sp³-hybridized carbons (Fsp3) is 0.160. The third kappa shape index (κ3) is 4.46. The van der Waals surface area contributed by atoms with Gasteiger partial charge in [-0.3, -0.25) is 9.46 Å². The molecule has 0 saturated heterocycles. The average molecular weight is 483 g/mol. The normalized spacial score (nSPS) is 16.4. The summed E-state index contributed by atoms with van der Waals surface area (Å²) >= 11 is 0. The molecule has 2 heterocycles. The Morgan fingerprint density at radius 3 is 2.44 bits per heavy atom. The van der Waals surface area contributed by atoms with E-state index in [-0.39, 0.29) is 14.8 Å². The van der Waals surface area contributed by atoms with Gasteiger partial charge in [-0.05, 0) is 47.5 Å². The fourth-order valence-corrected chi connectivity index (χ4v) is 4.88. The van der Waals surface area contributed by atoms with E-state index >= 15 is 0 Å². The zero-order chi connectivity index (χ0) is 23.7. The number of hydrogen-bond donors (Lipinski definition) is 1. The van der Waals surface area contributed by atoms with Crippen molar-refractivity contribution in [2.75, 3.05) is 17.8 Å². The summed E-state index contributed by atoms with van der Waals surface area (Å²) in [6.45, 7) is 1.12. The quantitative estimate of drug-likeness (QED) is 0.496. The van der Waals surface area contributed by atoms with Crippen LogP contribution in [0.15, 0.2) is 84.7 Å². The Balaban J connectivity index is 1.38. The van der Waals surface area contributed by atoms with Crippen LogP contribution in [-0.4, -0.2) is 24.0 Å². The molecule has 0 aliphatic carbocycles. The Labute approximate surface area is 196 Å². The first-order valence-corrected chi connectivity index (χ1v) is 11.6. The summed E-state index contributed by atoms with van der Waals surface area (Å²) in [5, 5.41) is 3.15. The maximum atomic E-state index is 13.5. The SMILES string of the molecule is O=C(C1=CNPN1c1ccccc1)N1CCOc2ccc(-c3ccc(C(F)(F)F)cc3)cc2C1. The standard InChI is InChI=1S/C25H21F3N3O2P/c26-25(27,28)20-9-6-17(7-10-20)18-8-11-23-19(14-18)16-30(12-13-33-23)24(32)22-15-29-34-31(22)21-4-2-1-3-5-21/h1-11,14-15,29,34H,12-13,16H2. The second-order valence-electron chi connectivity index (χ2n) is 7.93. The molecule has 0 spiro atoms. The van der Waals surface area contributed by atoms with E-state index in [1.54, 1.807) is 11.1 Å². The minimum absolute atomic E-state index is 0.113. The van der Waals surface area contributed by atoms with E-state index in [1.165, 1.54) is 12.1 Å². The summed E-state index contributed by atoms with van der Waals surface area (Å²) in [4.78, 5) is 15.2. The molecule has 0 fully saturated rings. The largest absolute Gasteiger partial charge is 0.491 e. The molecule has 1 N–H and O–H groups in total. The third-order valence-corrected chi connectivity index (χ3v) is 6.73. The van der Waals surface area contributed by atoms with Crippen LogP contribution >= 0.6 is 8.88 Å². The Hall–Kier alpha value is -3.51. The fourth-order valence-electron chi connectivity index (χ4n) is 3.99. The molecule has 5 rings (SSSR count). The Morgan fingerprint density at radius 2 is 1.71 bits per heavy atom. The number of amides is 1. The van der Waals surface area contributed by atoms with Gasteiger partial charge in [-0.2, -0.15) is 13.2 Å². The zero-order valence-corrected chi connectivity index (χ0v) is 19.0. The Kier molecular flexibility index (Phi) is 5.92. The number of rotatable bonds is 3. The molecule has 2 aliphatic heterocycles. The summed E-state index contributed by atoms with van der Waals surface area (Å²) in [6.07, 6.45) is -2.64. The molecule has 174 valence electrons. The monoisotopic (exact) mass is 483 g/mol. The number of benzene rings is 3. The lowest BCUT2D eigenvalue weighted by atomic mass is 10.0. The predicted octanol–water partition coefficient (Wildman–Crippen LogP) is 5.55. The number of alkyl halides is 3. The van der Waals surface area contributed by atoms with Crippen molar-refractivity contribution in [3.8, 4) is 16.9 Å². The van der Waals surface area contributed by atoms with Crippen LogP contribution < -0.4 is 14.5 Å². The van der Waals surface area contributed by atoms with Gasteiger partial charge in [-0.15, -0.1) is 0 Å². The second-order valence-corrected chi connectivity index (χ2v) is 8.89. The number of fused-ring (bicyclic) bond motifs is 1. The van der Waals surface area contributed by atoms with Crippen LogP contribution in [0.2, 0.25) is 0 Å². The highest BCUT2D eigenvalue weighted by Crippen LogP contribution is 2.36. The molecule has 2 aliphatic rings. The van der Waals surface area contributed by atoms with Gasteiger partial charge in [-0.25, -0.2) is 0 Å². The van der Waals surface area contributed by atoms with E-state index in [2.05, 4.69) is 5.09 Å². The molecule has 34 heavy (non-hydrogen) atoms. The lowest BCUT2D eigenvalue weighted by molar-refractivity contribution is -0.137. The van der Waals surface area contributed by atoms with Crippen molar-refractivity contribution in [1.82, 2.24) is 9.99 Å². The zero-order valence-electron chi connectivity index (χ0n) is 18.0. The molecule has 5 nitrogen and oxygen atoms in total. The van der Waals surface area contributed by atoms with Crippen molar-refractivity contribution in [3.63, 3.8) is 0 Å². The highest BCUT2D eigenvalue weighted by molar-refractivity contribution is 7.38. The van der Waals surface area contributed by atoms with Gasteiger partial charge < -0.3 is 14.7 Å². The summed E-state index contributed by atoms with van der Waals surface area (Å²) in [6, 6.07) is 20.3. The molecule has 3 aromatic rings. The lowest BCUT2D eigenvalue weighted by Crippen LogP contribution is -2.36. The second kappa shape index (κ2) is 9.03. The van der Waals surface area contributed by atoms with Crippen molar-refractivity contribution >= 4 is 20.5 Å². The highest BCUT2D eigenvalue weighted by atomic mass is 31.1. The average Bonchev–Trinajstić information content (AvgIpc) is 3.24. The first-order chi connectivity index (χ1) is 16.4. The van der Waals surface area contributed by atoms with Crippen LogP contribution in [-0.2, 0) is 17.5 Å². The van der Waals surface area contributed by atoms with Crippen LogP contribution in [0.3, 0.4) is 0 Å². The van der Waals surface area contributed by atoms with Gasteiger partial charge in [0.25, 0.3) is 5.91 Å². The van der Waals surface area contributed by atoms with Crippen LogP contribution in [0.5, 0.6) is 5.75 Å². The highest BCUT2D eigenvalue weighted by Gasteiger charge is 2.31. The molecule has 0 saturated carbocycles. The third-order valence-electron chi connectivity index (χ3n) is 5.73. The number of anilines is 1. The van der Waals surface area contributed by atoms with Gasteiger partial charge in [0.2, 0.25) is 0 Å². The number of nitrogens with zero attached hydrogens (tertiary/aromatic N) is 2. The van der Waals surface area contributed by atoms with Crippen molar-refractivity contribution in [1.29, 1.82) is 0 Å². The molecule has 0 bridgehead atoms. The number of halogens is 3. The van der Waals surface area contributed by atoms with Crippen LogP contribution in [0.1, 0.15) is 11.1 Å². The van der Waals surface area contributed by atoms with Crippen LogP contribution in [0, 0.1) is 0 Å². The van der Waals surface area contributed by atoms with Gasteiger partial charge >= 0.3 is 6.18 Å². The topological polar surface area (TPSA) is 44.8 Å². The molecule has 9 heteroatoms. The van der Waals surface area contributed by atoms with Crippen LogP contribution in [0.25, 0.3) is 11.1 Å². The van der Waals surface area contributed by atoms with Gasteiger partial charge in [0, 0.05) is 24.0 Å². The first kappa shape index (κ1) is 22.3. The minimum atomic E-state index is -4.38. The van der Waals surface area contributed by atoms with Gasteiger partial charge in [0.15, 0.2) is 0 Å². The molecule has 0 radical (unpaired) electrons.